The third kappa shape index (κ3) is 3.97. The van der Waals surface area contributed by atoms with Crippen LogP contribution in [0.25, 0.3) is 0 Å². The van der Waals surface area contributed by atoms with E-state index in [1.165, 1.54) is 17.8 Å². The fraction of sp³-hybridized carbons (Fsp3) is 0.500. The molecule has 1 unspecified atom stereocenters. The maximum Gasteiger partial charge on any atom is 0.177 e. The summed E-state index contributed by atoms with van der Waals surface area (Å²) < 4.78 is 23.2. The molecule has 1 aromatic carbocycles. The third-order valence-corrected chi connectivity index (χ3v) is 6.87. The maximum absolute atomic E-state index is 11.6. The van der Waals surface area contributed by atoms with Crippen molar-refractivity contribution >= 4 is 44.7 Å². The van der Waals surface area contributed by atoms with Crippen molar-refractivity contribution in [3.63, 3.8) is 0 Å². The van der Waals surface area contributed by atoms with Crippen molar-refractivity contribution in [3.05, 3.63) is 18.2 Å². The highest BCUT2D eigenvalue weighted by molar-refractivity contribution is 8.06. The van der Waals surface area contributed by atoms with E-state index in [-0.39, 0.29) is 4.90 Å². The normalized spacial score (nSPS) is 20.2. The highest BCUT2D eigenvalue weighted by atomic mass is 32.2. The van der Waals surface area contributed by atoms with Crippen molar-refractivity contribution in [2.75, 3.05) is 41.1 Å². The number of nitrogen functional groups attached to an aromatic ring is 1. The van der Waals surface area contributed by atoms with E-state index >= 15 is 0 Å². The number of nitrogens with one attached hydrogen (secondary N) is 1. The van der Waals surface area contributed by atoms with Crippen molar-refractivity contribution in [3.8, 4) is 0 Å². The number of hydrogen-bond acceptors (Lipinski definition) is 6. The van der Waals surface area contributed by atoms with Gasteiger partial charge in [0.1, 0.15) is 0 Å². The van der Waals surface area contributed by atoms with Gasteiger partial charge in [-0.1, -0.05) is 6.07 Å². The lowest BCUT2D eigenvalue weighted by atomic mass is 10.2. The van der Waals surface area contributed by atoms with Crippen LogP contribution in [0.1, 0.15) is 0 Å². The minimum atomic E-state index is -3.27. The van der Waals surface area contributed by atoms with Gasteiger partial charge in [0.25, 0.3) is 0 Å². The zero-order chi connectivity index (χ0) is 13.9. The minimum absolute atomic E-state index is 0.197. The van der Waals surface area contributed by atoms with Gasteiger partial charge in [0.2, 0.25) is 0 Å². The first-order valence-electron chi connectivity index (χ1n) is 6.00. The van der Waals surface area contributed by atoms with E-state index in [1.807, 2.05) is 29.6 Å². The van der Waals surface area contributed by atoms with E-state index in [0.717, 1.165) is 12.3 Å². The lowest BCUT2D eigenvalue weighted by molar-refractivity contribution is 0.602. The Morgan fingerprint density at radius 2 is 2.21 bits per heavy atom. The van der Waals surface area contributed by atoms with Gasteiger partial charge in [-0.15, -0.1) is 0 Å². The van der Waals surface area contributed by atoms with Gasteiger partial charge in [-0.2, -0.15) is 23.5 Å². The van der Waals surface area contributed by atoms with Crippen LogP contribution < -0.4 is 11.1 Å². The molecule has 0 spiro atoms. The molecule has 4 nitrogen and oxygen atoms in total. The molecule has 1 fully saturated rings. The fourth-order valence-corrected chi connectivity index (χ4v) is 5.35. The molecule has 0 radical (unpaired) electrons. The summed E-state index contributed by atoms with van der Waals surface area (Å²) in [5, 5.41) is 3.83. The number of nitrogens with two attached hydrogens (primary N) is 1. The van der Waals surface area contributed by atoms with E-state index in [4.69, 9.17) is 5.73 Å². The molecule has 1 atom stereocenters. The van der Waals surface area contributed by atoms with E-state index in [2.05, 4.69) is 5.32 Å². The Morgan fingerprint density at radius 1 is 1.42 bits per heavy atom. The number of hydrogen-bond donors (Lipinski definition) is 2. The number of thioether (sulfide) groups is 2. The number of benzene rings is 1. The average molecular weight is 318 g/mol. The van der Waals surface area contributed by atoms with Crippen molar-refractivity contribution in [1.82, 2.24) is 0 Å². The van der Waals surface area contributed by atoms with Crippen LogP contribution in [0.15, 0.2) is 23.1 Å². The molecule has 2 rings (SSSR count). The number of para-hydroxylation sites is 1. The van der Waals surface area contributed by atoms with E-state index in [1.54, 1.807) is 12.1 Å². The molecule has 3 N–H and O–H groups in total. The summed E-state index contributed by atoms with van der Waals surface area (Å²) >= 11 is 3.92. The average Bonchev–Trinajstić information content (AvgIpc) is 2.37. The minimum Gasteiger partial charge on any atom is -0.396 e. The van der Waals surface area contributed by atoms with Crippen LogP contribution in [-0.2, 0) is 9.84 Å². The second-order valence-electron chi connectivity index (χ2n) is 4.44. The molecule has 7 heteroatoms. The van der Waals surface area contributed by atoms with Crippen LogP contribution in [0.2, 0.25) is 0 Å². The molecular formula is C12H18N2O2S3. The molecule has 0 aromatic heterocycles. The molecule has 106 valence electrons. The molecule has 0 aliphatic carbocycles. The van der Waals surface area contributed by atoms with Gasteiger partial charge in [0, 0.05) is 35.3 Å². The first kappa shape index (κ1) is 14.9. The van der Waals surface area contributed by atoms with Gasteiger partial charge in [-0.3, -0.25) is 0 Å². The van der Waals surface area contributed by atoms with Crippen LogP contribution in [-0.4, -0.2) is 43.7 Å². The fourth-order valence-electron chi connectivity index (χ4n) is 1.90. The molecular weight excluding hydrogens is 300 g/mol. The molecule has 1 aliphatic rings. The lowest BCUT2D eigenvalue weighted by Gasteiger charge is -2.22. The maximum atomic E-state index is 11.6. The number of rotatable bonds is 4. The summed E-state index contributed by atoms with van der Waals surface area (Å²) in [5.41, 5.74) is 6.96. The summed E-state index contributed by atoms with van der Waals surface area (Å²) in [7, 11) is -3.27. The second kappa shape index (κ2) is 6.28. The van der Waals surface area contributed by atoms with Crippen molar-refractivity contribution in [1.29, 1.82) is 0 Å². The van der Waals surface area contributed by atoms with Crippen LogP contribution in [0.5, 0.6) is 0 Å². The highest BCUT2D eigenvalue weighted by Crippen LogP contribution is 2.28. The van der Waals surface area contributed by atoms with Crippen molar-refractivity contribution < 1.29 is 8.42 Å². The van der Waals surface area contributed by atoms with Gasteiger partial charge in [0.05, 0.1) is 16.3 Å². The number of anilines is 2. The molecule has 1 saturated heterocycles. The van der Waals surface area contributed by atoms with Gasteiger partial charge < -0.3 is 11.1 Å². The molecule has 0 saturated carbocycles. The second-order valence-corrected chi connectivity index (χ2v) is 8.98. The first-order chi connectivity index (χ1) is 8.98. The summed E-state index contributed by atoms with van der Waals surface area (Å²) in [6.45, 7) is 0.815. The van der Waals surface area contributed by atoms with Gasteiger partial charge in [-0.05, 0) is 12.1 Å². The predicted octanol–water partition coefficient (Wildman–Crippen LogP) is 1.93. The Kier molecular flexibility index (Phi) is 4.92. The topological polar surface area (TPSA) is 72.2 Å². The Labute approximate surface area is 122 Å². The van der Waals surface area contributed by atoms with Crippen LogP contribution >= 0.6 is 23.5 Å². The summed E-state index contributed by atoms with van der Waals surface area (Å²) in [5.74, 6) is 3.52. The Bertz CT molecular complexity index is 540. The molecule has 1 aliphatic heterocycles. The van der Waals surface area contributed by atoms with E-state index < -0.39 is 9.84 Å². The zero-order valence-corrected chi connectivity index (χ0v) is 13.2. The molecule has 19 heavy (non-hydrogen) atoms. The monoisotopic (exact) mass is 318 g/mol. The molecule has 0 amide bonds. The third-order valence-electron chi connectivity index (χ3n) is 2.87. The largest absolute Gasteiger partial charge is 0.396 e. The Morgan fingerprint density at radius 3 is 2.84 bits per heavy atom. The van der Waals surface area contributed by atoms with Crippen molar-refractivity contribution in [2.45, 2.75) is 10.1 Å². The van der Waals surface area contributed by atoms with Gasteiger partial charge in [0.15, 0.2) is 9.84 Å². The Balaban J connectivity index is 2.08. The molecule has 0 bridgehead atoms. The Hall–Kier alpha value is -0.530. The van der Waals surface area contributed by atoms with E-state index in [9.17, 15) is 8.42 Å². The summed E-state index contributed by atoms with van der Waals surface area (Å²) in [6.07, 6.45) is 1.18. The quantitative estimate of drug-likeness (QED) is 0.827. The summed E-state index contributed by atoms with van der Waals surface area (Å²) in [6, 6.07) is 5.09. The SMILES string of the molecule is CS(=O)(=O)c1cccc(NCC2CSCCS2)c1N. The standard InChI is InChI=1S/C12H18N2O2S3/c1-19(15,16)11-4-2-3-10(12(11)13)14-7-9-8-17-5-6-18-9/h2-4,9,14H,5-8,13H2,1H3. The lowest BCUT2D eigenvalue weighted by Crippen LogP contribution is -2.23. The van der Waals surface area contributed by atoms with E-state index in [0.29, 0.717) is 16.6 Å². The van der Waals surface area contributed by atoms with Crippen molar-refractivity contribution in [2.24, 2.45) is 0 Å². The van der Waals surface area contributed by atoms with Gasteiger partial charge >= 0.3 is 0 Å². The zero-order valence-electron chi connectivity index (χ0n) is 10.8. The first-order valence-corrected chi connectivity index (χ1v) is 10.1. The van der Waals surface area contributed by atoms with Crippen LogP contribution in [0, 0.1) is 0 Å². The predicted molar refractivity (Wildman–Crippen MR) is 86.0 cm³/mol. The van der Waals surface area contributed by atoms with Crippen LogP contribution in [0.4, 0.5) is 11.4 Å². The van der Waals surface area contributed by atoms with Gasteiger partial charge in [-0.25, -0.2) is 8.42 Å². The summed E-state index contributed by atoms with van der Waals surface area (Å²) in [4.78, 5) is 0.197. The number of sulfone groups is 1. The smallest absolute Gasteiger partial charge is 0.177 e. The van der Waals surface area contributed by atoms with Crippen LogP contribution in [0.3, 0.4) is 0 Å². The molecule has 1 aromatic rings. The molecule has 1 heterocycles. The highest BCUT2D eigenvalue weighted by Gasteiger charge is 2.17.